The molecule has 0 heterocycles. The first kappa shape index (κ1) is 68.8. The van der Waals surface area contributed by atoms with Gasteiger partial charge in [-0.15, -0.1) is 0 Å². The summed E-state index contributed by atoms with van der Waals surface area (Å²) in [6.45, 7) is 25.7. The van der Waals surface area contributed by atoms with Crippen LogP contribution in [0.5, 0.6) is 0 Å². The van der Waals surface area contributed by atoms with Crippen LogP contribution in [0, 0.1) is 132 Å². The zero-order valence-electron chi connectivity index (χ0n) is 60.1. The summed E-state index contributed by atoms with van der Waals surface area (Å²) in [5.74, 6) is 10.5. The molecule has 0 radical (unpaired) electrons. The maximum atomic E-state index is 12.2. The second-order valence-corrected chi connectivity index (χ2v) is 37.3. The molecule has 516 valence electrons. The molecule has 0 aromatic rings. The zero-order chi connectivity index (χ0) is 67.4. The van der Waals surface area contributed by atoms with E-state index in [1.807, 2.05) is 24.3 Å². The number of rotatable bonds is 4. The van der Waals surface area contributed by atoms with Gasteiger partial charge in [0.25, 0.3) is 0 Å². The van der Waals surface area contributed by atoms with Gasteiger partial charge in [0.05, 0.1) is 6.10 Å². The first-order valence-corrected chi connectivity index (χ1v) is 38.6. The molecule has 12 fully saturated rings. The average Bonchev–Trinajstić information content (AvgIpc) is 1.39. The van der Waals surface area contributed by atoms with Gasteiger partial charge in [-0.05, 0) is 334 Å². The van der Waals surface area contributed by atoms with Crippen molar-refractivity contribution in [2.75, 3.05) is 0 Å². The molecular formula is C84H120O10. The van der Waals surface area contributed by atoms with E-state index in [1.165, 1.54) is 73.7 Å². The van der Waals surface area contributed by atoms with Gasteiger partial charge in [-0.3, -0.25) is 38.4 Å². The monoisotopic (exact) mass is 1290 g/mol. The molecule has 2 N–H and O–H groups in total. The van der Waals surface area contributed by atoms with E-state index in [2.05, 4.69) is 55.4 Å². The van der Waals surface area contributed by atoms with Crippen molar-refractivity contribution < 1.29 is 48.6 Å². The van der Waals surface area contributed by atoms with Crippen LogP contribution in [0.1, 0.15) is 282 Å². The number of Topliss-reactive ketones (excluding diaryl/α,β-unsaturated/α-hetero) is 4. The van der Waals surface area contributed by atoms with E-state index >= 15 is 0 Å². The average molecular weight is 1290 g/mol. The number of allylic oxidation sites excluding steroid dienone is 4. The minimum Gasteiger partial charge on any atom is -0.393 e. The number of carbonyl (C=O) groups is 8. The van der Waals surface area contributed by atoms with Crippen LogP contribution in [0.25, 0.3) is 0 Å². The van der Waals surface area contributed by atoms with Crippen molar-refractivity contribution in [3.8, 4) is 0 Å². The van der Waals surface area contributed by atoms with Gasteiger partial charge in [0.15, 0.2) is 28.9 Å². The number of hydrogen-bond donors (Lipinski definition) is 2. The topological polar surface area (TPSA) is 177 Å². The first-order chi connectivity index (χ1) is 44.2. The summed E-state index contributed by atoms with van der Waals surface area (Å²) in [7, 11) is 0. The fourth-order valence-electron chi connectivity index (χ4n) is 29.0. The minimum atomic E-state index is -1.12. The number of aliphatic hydroxyl groups excluding tert-OH is 1. The third kappa shape index (κ3) is 10.5. The Bertz CT molecular complexity index is 3180. The molecule has 94 heavy (non-hydrogen) atoms. The van der Waals surface area contributed by atoms with Crippen molar-refractivity contribution in [1.82, 2.24) is 0 Å². The molecule has 0 amide bonds. The van der Waals surface area contributed by atoms with Gasteiger partial charge in [0.2, 0.25) is 0 Å². The largest absolute Gasteiger partial charge is 0.393 e. The van der Waals surface area contributed by atoms with E-state index < -0.39 is 5.60 Å². The maximum Gasteiger partial charge on any atom is 0.161 e. The minimum absolute atomic E-state index is 0.0219. The highest BCUT2D eigenvalue weighted by Gasteiger charge is 2.68. The Balaban J connectivity index is 0.000000114. The highest BCUT2D eigenvalue weighted by Crippen LogP contribution is 2.72. The third-order valence-corrected chi connectivity index (χ3v) is 34.0. The Kier molecular flexibility index (Phi) is 17.7. The SMILES string of the molecule is CC(=O)C1CCC2C3CCC4=CC(=O)CCC4(C)C3CCC12C.CC(=O)C1CCC2C3CCC4=CC(=O)CCC4(C)C3CCC12C.CC(=O)C1CCC2C3CCC4=CC(=O)CCC4(C)C3[C@H](O)CC12C.CC(=O)[C@@]1(O)CCC2C3CCC4=CC(=O)CCC4(C)C3CCC21C. The van der Waals surface area contributed by atoms with E-state index in [0.29, 0.717) is 95.4 Å². The van der Waals surface area contributed by atoms with Crippen LogP contribution in [0.4, 0.5) is 0 Å². The van der Waals surface area contributed by atoms with Crippen LogP contribution >= 0.6 is 0 Å². The molecule has 16 aliphatic carbocycles. The lowest BCUT2D eigenvalue weighted by atomic mass is 9.46. The lowest BCUT2D eigenvalue weighted by molar-refractivity contribution is -0.160. The molecule has 16 aliphatic rings. The molecule has 10 nitrogen and oxygen atoms in total. The van der Waals surface area contributed by atoms with Crippen LogP contribution in [-0.2, 0) is 38.4 Å². The highest BCUT2D eigenvalue weighted by molar-refractivity contribution is 5.93. The summed E-state index contributed by atoms with van der Waals surface area (Å²) in [6.07, 6.45) is 39.2. The van der Waals surface area contributed by atoms with Crippen molar-refractivity contribution in [2.45, 2.75) is 294 Å². The van der Waals surface area contributed by atoms with Crippen LogP contribution in [0.3, 0.4) is 0 Å². The van der Waals surface area contributed by atoms with Gasteiger partial charge < -0.3 is 10.2 Å². The molecule has 25 atom stereocenters. The van der Waals surface area contributed by atoms with E-state index in [9.17, 15) is 48.6 Å². The van der Waals surface area contributed by atoms with Crippen LogP contribution in [-0.4, -0.2) is 68.2 Å². The van der Waals surface area contributed by atoms with Crippen LogP contribution in [0.15, 0.2) is 46.6 Å². The first-order valence-electron chi connectivity index (χ1n) is 38.6. The molecule has 0 aromatic carbocycles. The Hall–Kier alpha value is -3.76. The molecule has 0 bridgehead atoms. The number of aliphatic hydroxyl groups is 2. The van der Waals surface area contributed by atoms with Gasteiger partial charge >= 0.3 is 0 Å². The predicted molar refractivity (Wildman–Crippen MR) is 366 cm³/mol. The molecule has 0 saturated heterocycles. The molecule has 10 heteroatoms. The summed E-state index contributed by atoms with van der Waals surface area (Å²) in [6, 6.07) is 0. The summed E-state index contributed by atoms with van der Waals surface area (Å²) in [4.78, 5) is 96.1. The number of hydrogen-bond acceptors (Lipinski definition) is 10. The van der Waals surface area contributed by atoms with Crippen LogP contribution in [0.2, 0.25) is 0 Å². The lowest BCUT2D eigenvalue weighted by Crippen LogP contribution is -2.57. The summed E-state index contributed by atoms with van der Waals surface area (Å²) >= 11 is 0. The molecule has 23 unspecified atom stereocenters. The second-order valence-electron chi connectivity index (χ2n) is 37.3. The Labute approximate surface area is 564 Å². The predicted octanol–water partition coefficient (Wildman–Crippen LogP) is 17.0. The van der Waals surface area contributed by atoms with E-state index in [1.54, 1.807) is 27.7 Å². The molecule has 0 aliphatic heterocycles. The fourth-order valence-corrected chi connectivity index (χ4v) is 29.0. The molecule has 16 rings (SSSR count). The Morgan fingerprint density at radius 1 is 0.351 bits per heavy atom. The Morgan fingerprint density at radius 3 is 1.05 bits per heavy atom. The molecule has 12 saturated carbocycles. The van der Waals surface area contributed by atoms with Gasteiger partial charge in [0.1, 0.15) is 23.0 Å². The number of carbonyl (C=O) groups excluding carboxylic acids is 8. The quantitative estimate of drug-likeness (QED) is 0.275. The lowest BCUT2D eigenvalue weighted by Gasteiger charge is -2.59. The van der Waals surface area contributed by atoms with Crippen molar-refractivity contribution in [3.05, 3.63) is 46.6 Å². The van der Waals surface area contributed by atoms with E-state index in [4.69, 9.17) is 0 Å². The van der Waals surface area contributed by atoms with Crippen molar-refractivity contribution in [1.29, 1.82) is 0 Å². The maximum absolute atomic E-state index is 12.2. The summed E-state index contributed by atoms with van der Waals surface area (Å²) < 4.78 is 0. The van der Waals surface area contributed by atoms with Crippen molar-refractivity contribution in [2.24, 2.45) is 132 Å². The second kappa shape index (κ2) is 24.3. The highest BCUT2D eigenvalue weighted by atomic mass is 16.3. The Morgan fingerprint density at radius 2 is 0.670 bits per heavy atom. The van der Waals surface area contributed by atoms with Gasteiger partial charge in [-0.2, -0.15) is 0 Å². The van der Waals surface area contributed by atoms with Gasteiger partial charge in [-0.1, -0.05) is 77.7 Å². The summed E-state index contributed by atoms with van der Waals surface area (Å²) in [5.41, 5.74) is 5.27. The van der Waals surface area contributed by atoms with Gasteiger partial charge in [-0.25, -0.2) is 0 Å². The summed E-state index contributed by atoms with van der Waals surface area (Å²) in [5, 5.41) is 22.3. The molecular weight excluding hydrogens is 1170 g/mol. The fraction of sp³-hybridized carbons (Fsp3) is 0.810. The van der Waals surface area contributed by atoms with E-state index in [-0.39, 0.29) is 72.8 Å². The molecule has 0 aromatic heterocycles. The van der Waals surface area contributed by atoms with Crippen molar-refractivity contribution >= 4 is 46.3 Å². The zero-order valence-corrected chi connectivity index (χ0v) is 60.1. The normalized spacial score (nSPS) is 49.8. The van der Waals surface area contributed by atoms with Crippen LogP contribution < -0.4 is 0 Å². The van der Waals surface area contributed by atoms with E-state index in [0.717, 1.165) is 164 Å². The smallest absolute Gasteiger partial charge is 0.161 e. The number of ketones is 8. The molecule has 0 spiro atoms. The van der Waals surface area contributed by atoms with Crippen molar-refractivity contribution in [3.63, 3.8) is 0 Å². The number of fused-ring (bicyclic) bond motifs is 20. The standard InChI is InChI=1S/2C21H30O3.2C21H30O2/c1-13(22)21(24)11-8-18-16-5-4-14-12-15(23)6-9-19(14,2)17(16)7-10-20(18,21)3;1-12(22)16-6-7-17-15-5-4-13-10-14(23)8-9-20(13,2)19(15)18(24)11-21(16,17)3;2*1-13(22)17-6-7-18-16-5-4-14-12-15(23)8-10-20(14,2)19(16)9-11-21(17,18)3/h12,16-18,24H,4-11H2,1-3H3;10,15-19,24H,4-9,11H2,1-3H3;2*12,16-19H,4-11H2,1-3H3/t16?,17?,18?,19?,20?,21-;15?,16?,17?,18-,19?,20?,21?;;/m01../s1. The van der Waals surface area contributed by atoms with Gasteiger partial charge in [0, 0.05) is 48.9 Å². The third-order valence-electron chi connectivity index (χ3n) is 34.0.